The van der Waals surface area contributed by atoms with E-state index in [-0.39, 0.29) is 18.1 Å². The third kappa shape index (κ3) is 5.24. The molecule has 0 aliphatic carbocycles. The number of hydrogen-bond donors (Lipinski definition) is 2. The Morgan fingerprint density at radius 2 is 2.04 bits per heavy atom. The third-order valence-electron chi connectivity index (χ3n) is 2.96. The first-order valence-electron chi connectivity index (χ1n) is 6.91. The van der Waals surface area contributed by atoms with Gasteiger partial charge in [0.1, 0.15) is 0 Å². The van der Waals surface area contributed by atoms with E-state index in [4.69, 9.17) is 0 Å². The molecule has 2 N–H and O–H groups in total. The third-order valence-corrected chi connectivity index (χ3v) is 2.96. The number of nitrogens with zero attached hydrogens (tertiary/aromatic N) is 2. The van der Waals surface area contributed by atoms with E-state index in [9.17, 15) is 14.9 Å². The van der Waals surface area contributed by atoms with Crippen LogP contribution in [-0.2, 0) is 4.79 Å². The van der Waals surface area contributed by atoms with Gasteiger partial charge in [-0.3, -0.25) is 14.9 Å². The van der Waals surface area contributed by atoms with Crippen LogP contribution in [0.5, 0.6) is 0 Å². The first-order valence-corrected chi connectivity index (χ1v) is 6.91. The molecule has 0 fully saturated rings. The molecule has 0 saturated carbocycles. The fourth-order valence-corrected chi connectivity index (χ4v) is 1.87. The zero-order valence-electron chi connectivity index (χ0n) is 12.5. The number of anilines is 1. The van der Waals surface area contributed by atoms with Crippen molar-refractivity contribution in [2.75, 3.05) is 11.9 Å². The first-order chi connectivity index (χ1) is 11.0. The van der Waals surface area contributed by atoms with Gasteiger partial charge in [-0.25, -0.2) is 5.43 Å². The number of carbonyl (C=O) groups is 1. The van der Waals surface area contributed by atoms with Crippen molar-refractivity contribution in [1.29, 1.82) is 0 Å². The minimum absolute atomic E-state index is 0.0265. The largest absolute Gasteiger partial charge is 0.376 e. The number of rotatable bonds is 6. The van der Waals surface area contributed by atoms with E-state index in [0.29, 0.717) is 5.56 Å². The Bertz CT molecular complexity index is 744. The van der Waals surface area contributed by atoms with Crippen LogP contribution >= 0.6 is 0 Å². The van der Waals surface area contributed by atoms with Crippen LogP contribution in [0.1, 0.15) is 11.1 Å². The Hall–Kier alpha value is -3.22. The van der Waals surface area contributed by atoms with Crippen molar-refractivity contribution in [1.82, 2.24) is 5.43 Å². The predicted molar refractivity (Wildman–Crippen MR) is 88.5 cm³/mol. The summed E-state index contributed by atoms with van der Waals surface area (Å²) in [4.78, 5) is 21.8. The van der Waals surface area contributed by atoms with Gasteiger partial charge in [0.05, 0.1) is 17.7 Å². The number of non-ortho nitro benzene ring substituents is 1. The smallest absolute Gasteiger partial charge is 0.270 e. The summed E-state index contributed by atoms with van der Waals surface area (Å²) >= 11 is 0. The molecule has 0 radical (unpaired) electrons. The lowest BCUT2D eigenvalue weighted by Gasteiger charge is -2.05. The van der Waals surface area contributed by atoms with E-state index in [0.717, 1.165) is 11.3 Å². The number of aryl methyl sites for hydroxylation is 1. The fraction of sp³-hybridized carbons (Fsp3) is 0.125. The molecule has 0 saturated heterocycles. The molecule has 0 unspecified atom stereocenters. The minimum Gasteiger partial charge on any atom is -0.376 e. The highest BCUT2D eigenvalue weighted by atomic mass is 16.6. The molecule has 0 heterocycles. The van der Waals surface area contributed by atoms with Crippen LogP contribution in [0.15, 0.2) is 53.6 Å². The quantitative estimate of drug-likeness (QED) is 0.486. The van der Waals surface area contributed by atoms with E-state index >= 15 is 0 Å². The first kappa shape index (κ1) is 16.2. The van der Waals surface area contributed by atoms with Gasteiger partial charge in [-0.2, -0.15) is 5.10 Å². The van der Waals surface area contributed by atoms with Gasteiger partial charge in [0.2, 0.25) is 0 Å². The van der Waals surface area contributed by atoms with Gasteiger partial charge in [-0.1, -0.05) is 24.3 Å². The summed E-state index contributed by atoms with van der Waals surface area (Å²) in [5, 5.41) is 17.4. The SMILES string of the molecule is Cc1cccc(NCC(=O)N/N=C\c2cccc([N+](=O)[O-])c2)c1. The van der Waals surface area contributed by atoms with Crippen molar-refractivity contribution >= 4 is 23.5 Å². The average Bonchev–Trinajstić information content (AvgIpc) is 2.53. The summed E-state index contributed by atoms with van der Waals surface area (Å²) in [6.45, 7) is 2.05. The second kappa shape index (κ2) is 7.69. The number of nitrogens with one attached hydrogen (secondary N) is 2. The van der Waals surface area contributed by atoms with Crippen molar-refractivity contribution in [3.05, 3.63) is 69.8 Å². The second-order valence-corrected chi connectivity index (χ2v) is 4.87. The van der Waals surface area contributed by atoms with Crippen LogP contribution < -0.4 is 10.7 Å². The Balaban J connectivity index is 1.84. The lowest BCUT2D eigenvalue weighted by Crippen LogP contribution is -2.25. The van der Waals surface area contributed by atoms with Crippen LogP contribution in [0.4, 0.5) is 11.4 Å². The van der Waals surface area contributed by atoms with Crippen LogP contribution in [0.25, 0.3) is 0 Å². The maximum atomic E-state index is 11.7. The van der Waals surface area contributed by atoms with E-state index < -0.39 is 4.92 Å². The number of nitro groups is 1. The van der Waals surface area contributed by atoms with Crippen molar-refractivity contribution in [2.24, 2.45) is 5.10 Å². The summed E-state index contributed by atoms with van der Waals surface area (Å²) in [6.07, 6.45) is 1.36. The van der Waals surface area contributed by atoms with Crippen LogP contribution in [-0.4, -0.2) is 23.6 Å². The number of hydrazone groups is 1. The highest BCUT2D eigenvalue weighted by molar-refractivity contribution is 5.84. The average molecular weight is 312 g/mol. The summed E-state index contributed by atoms with van der Waals surface area (Å²) in [6, 6.07) is 13.6. The number of hydrogen-bond acceptors (Lipinski definition) is 5. The Labute approximate surface area is 133 Å². The molecule has 0 aliphatic heterocycles. The standard InChI is InChI=1S/C16H16N4O3/c1-12-4-2-6-14(8-12)17-11-16(21)19-18-10-13-5-3-7-15(9-13)20(22)23/h2-10,17H,11H2,1H3,(H,19,21)/b18-10-. The van der Waals surface area contributed by atoms with Crippen LogP contribution in [0.3, 0.4) is 0 Å². The number of carbonyl (C=O) groups excluding carboxylic acids is 1. The molecule has 118 valence electrons. The molecule has 0 aliphatic rings. The van der Waals surface area contributed by atoms with Gasteiger partial charge in [-0.15, -0.1) is 0 Å². The molecule has 1 amide bonds. The highest BCUT2D eigenvalue weighted by Gasteiger charge is 2.04. The lowest BCUT2D eigenvalue weighted by molar-refractivity contribution is -0.384. The number of nitro benzene ring substituents is 1. The van der Waals surface area contributed by atoms with E-state index in [1.54, 1.807) is 12.1 Å². The van der Waals surface area contributed by atoms with Crippen molar-refractivity contribution < 1.29 is 9.72 Å². The minimum atomic E-state index is -0.484. The molecule has 0 atom stereocenters. The fourth-order valence-electron chi connectivity index (χ4n) is 1.87. The number of benzene rings is 2. The maximum absolute atomic E-state index is 11.7. The second-order valence-electron chi connectivity index (χ2n) is 4.87. The maximum Gasteiger partial charge on any atom is 0.270 e. The van der Waals surface area contributed by atoms with E-state index in [2.05, 4.69) is 15.8 Å². The molecule has 7 heteroatoms. The molecule has 23 heavy (non-hydrogen) atoms. The molecule has 0 bridgehead atoms. The molecule has 0 spiro atoms. The van der Waals surface area contributed by atoms with Gasteiger partial charge in [0.25, 0.3) is 11.6 Å². The normalized spacial score (nSPS) is 10.5. The molecule has 0 aromatic heterocycles. The summed E-state index contributed by atoms with van der Waals surface area (Å²) in [5.41, 5.74) is 4.82. The zero-order chi connectivity index (χ0) is 16.7. The molecule has 2 rings (SSSR count). The van der Waals surface area contributed by atoms with Gasteiger partial charge in [0.15, 0.2) is 0 Å². The molecular formula is C16H16N4O3. The van der Waals surface area contributed by atoms with Gasteiger partial charge in [0, 0.05) is 23.4 Å². The van der Waals surface area contributed by atoms with Gasteiger partial charge < -0.3 is 5.32 Å². The van der Waals surface area contributed by atoms with Gasteiger partial charge >= 0.3 is 0 Å². The Morgan fingerprint density at radius 1 is 1.26 bits per heavy atom. The van der Waals surface area contributed by atoms with Crippen LogP contribution in [0, 0.1) is 17.0 Å². The Kier molecular flexibility index (Phi) is 5.40. The zero-order valence-corrected chi connectivity index (χ0v) is 12.5. The van der Waals surface area contributed by atoms with E-state index in [1.165, 1.54) is 18.3 Å². The topological polar surface area (TPSA) is 96.6 Å². The van der Waals surface area contributed by atoms with Crippen LogP contribution in [0.2, 0.25) is 0 Å². The summed E-state index contributed by atoms with van der Waals surface area (Å²) in [7, 11) is 0. The Morgan fingerprint density at radius 3 is 2.78 bits per heavy atom. The predicted octanol–water partition coefficient (Wildman–Crippen LogP) is 2.47. The molecule has 7 nitrogen and oxygen atoms in total. The summed E-state index contributed by atoms with van der Waals surface area (Å²) in [5.74, 6) is -0.312. The molecular weight excluding hydrogens is 296 g/mol. The summed E-state index contributed by atoms with van der Waals surface area (Å²) < 4.78 is 0. The van der Waals surface area contributed by atoms with Gasteiger partial charge in [-0.05, 0) is 24.6 Å². The highest BCUT2D eigenvalue weighted by Crippen LogP contribution is 2.11. The monoisotopic (exact) mass is 312 g/mol. The van der Waals surface area contributed by atoms with Crippen molar-refractivity contribution in [3.8, 4) is 0 Å². The number of amides is 1. The lowest BCUT2D eigenvalue weighted by atomic mass is 10.2. The van der Waals surface area contributed by atoms with Crippen molar-refractivity contribution in [2.45, 2.75) is 6.92 Å². The molecule has 2 aromatic rings. The van der Waals surface area contributed by atoms with E-state index in [1.807, 2.05) is 31.2 Å². The molecule has 2 aromatic carbocycles. The van der Waals surface area contributed by atoms with Crippen molar-refractivity contribution in [3.63, 3.8) is 0 Å².